The van der Waals surface area contributed by atoms with Gasteiger partial charge in [-0.1, -0.05) is 30.0 Å². The summed E-state index contributed by atoms with van der Waals surface area (Å²) in [6.45, 7) is 2.66. The van der Waals surface area contributed by atoms with Gasteiger partial charge in [0.05, 0.1) is 0 Å². The summed E-state index contributed by atoms with van der Waals surface area (Å²) in [4.78, 5) is 0. The van der Waals surface area contributed by atoms with Crippen molar-refractivity contribution >= 4 is 17.4 Å². The SMILES string of the molecule is Cc1nnc(SCCNc2ccccc2)o1. The number of nitrogens with zero attached hydrogens (tertiary/aromatic N) is 2. The fourth-order valence-electron chi connectivity index (χ4n) is 1.23. The molecule has 4 nitrogen and oxygen atoms in total. The molecule has 0 fully saturated rings. The largest absolute Gasteiger partial charge is 0.416 e. The van der Waals surface area contributed by atoms with Crippen LogP contribution in [-0.4, -0.2) is 22.5 Å². The first-order valence-corrected chi connectivity index (χ1v) is 6.05. The predicted octanol–water partition coefficient (Wildman–Crippen LogP) is 2.58. The lowest BCUT2D eigenvalue weighted by atomic mass is 10.3. The molecule has 5 heteroatoms. The van der Waals surface area contributed by atoms with Crippen molar-refractivity contribution in [2.75, 3.05) is 17.6 Å². The van der Waals surface area contributed by atoms with Gasteiger partial charge in [-0.05, 0) is 12.1 Å². The van der Waals surface area contributed by atoms with Crippen LogP contribution in [0.2, 0.25) is 0 Å². The van der Waals surface area contributed by atoms with Gasteiger partial charge in [-0.2, -0.15) is 0 Å². The Kier molecular flexibility index (Phi) is 3.82. The average molecular weight is 235 g/mol. The van der Waals surface area contributed by atoms with Crippen molar-refractivity contribution in [1.82, 2.24) is 10.2 Å². The van der Waals surface area contributed by atoms with Crippen LogP contribution in [0.15, 0.2) is 40.0 Å². The van der Waals surface area contributed by atoms with Gasteiger partial charge in [0, 0.05) is 24.9 Å². The third kappa shape index (κ3) is 3.27. The second kappa shape index (κ2) is 5.55. The normalized spacial score (nSPS) is 10.3. The highest BCUT2D eigenvalue weighted by Crippen LogP contribution is 2.15. The summed E-state index contributed by atoms with van der Waals surface area (Å²) in [5.74, 6) is 1.51. The van der Waals surface area contributed by atoms with Crippen molar-refractivity contribution in [3.05, 3.63) is 36.2 Å². The van der Waals surface area contributed by atoms with Gasteiger partial charge < -0.3 is 9.73 Å². The highest BCUT2D eigenvalue weighted by Gasteiger charge is 2.01. The van der Waals surface area contributed by atoms with Crippen LogP contribution in [0.4, 0.5) is 5.69 Å². The topological polar surface area (TPSA) is 51.0 Å². The standard InChI is InChI=1S/C11H13N3OS/c1-9-13-14-11(15-9)16-8-7-12-10-5-3-2-4-6-10/h2-6,12H,7-8H2,1H3. The number of nitrogens with one attached hydrogen (secondary N) is 1. The molecule has 2 aromatic rings. The lowest BCUT2D eigenvalue weighted by Gasteiger charge is -2.03. The van der Waals surface area contributed by atoms with E-state index in [9.17, 15) is 0 Å². The number of thioether (sulfide) groups is 1. The molecule has 0 aliphatic carbocycles. The Labute approximate surface area is 98.5 Å². The Bertz CT molecular complexity index is 430. The summed E-state index contributed by atoms with van der Waals surface area (Å²) in [5.41, 5.74) is 1.13. The fourth-order valence-corrected chi connectivity index (χ4v) is 1.88. The van der Waals surface area contributed by atoms with Crippen molar-refractivity contribution in [1.29, 1.82) is 0 Å². The summed E-state index contributed by atoms with van der Waals surface area (Å²) in [7, 11) is 0. The zero-order chi connectivity index (χ0) is 11.2. The van der Waals surface area contributed by atoms with E-state index in [0.717, 1.165) is 18.0 Å². The number of anilines is 1. The van der Waals surface area contributed by atoms with Crippen molar-refractivity contribution in [2.45, 2.75) is 12.1 Å². The first-order chi connectivity index (χ1) is 7.84. The summed E-state index contributed by atoms with van der Waals surface area (Å²) in [5, 5.41) is 11.6. The number of para-hydroxylation sites is 1. The zero-order valence-corrected chi connectivity index (χ0v) is 9.83. The third-order valence-electron chi connectivity index (χ3n) is 1.94. The van der Waals surface area contributed by atoms with E-state index in [2.05, 4.69) is 15.5 Å². The molecule has 0 spiro atoms. The maximum atomic E-state index is 5.25. The molecule has 0 saturated carbocycles. The van der Waals surface area contributed by atoms with Gasteiger partial charge in [0.25, 0.3) is 5.22 Å². The Morgan fingerprint density at radius 1 is 1.25 bits per heavy atom. The molecule has 1 heterocycles. The predicted molar refractivity (Wildman–Crippen MR) is 64.7 cm³/mol. The summed E-state index contributed by atoms with van der Waals surface area (Å²) in [6.07, 6.45) is 0. The van der Waals surface area contributed by atoms with Gasteiger partial charge >= 0.3 is 0 Å². The Balaban J connectivity index is 1.69. The molecule has 0 saturated heterocycles. The molecule has 0 bridgehead atoms. The Morgan fingerprint density at radius 2 is 2.06 bits per heavy atom. The second-order valence-corrected chi connectivity index (χ2v) is 4.27. The molecule has 0 unspecified atom stereocenters. The summed E-state index contributed by atoms with van der Waals surface area (Å²) in [6, 6.07) is 10.1. The molecule has 2 rings (SSSR count). The van der Waals surface area contributed by atoms with Crippen LogP contribution in [0.25, 0.3) is 0 Å². The highest BCUT2D eigenvalue weighted by molar-refractivity contribution is 7.99. The van der Waals surface area contributed by atoms with Crippen LogP contribution in [0, 0.1) is 6.92 Å². The molecule has 0 aliphatic heterocycles. The quantitative estimate of drug-likeness (QED) is 0.637. The van der Waals surface area contributed by atoms with Gasteiger partial charge in [0.1, 0.15) is 0 Å². The molecular formula is C11H13N3OS. The van der Waals surface area contributed by atoms with Crippen molar-refractivity contribution in [3.63, 3.8) is 0 Å². The van der Waals surface area contributed by atoms with Crippen LogP contribution < -0.4 is 5.32 Å². The van der Waals surface area contributed by atoms with Crippen molar-refractivity contribution < 1.29 is 4.42 Å². The molecular weight excluding hydrogens is 222 g/mol. The lowest BCUT2D eigenvalue weighted by Crippen LogP contribution is -2.03. The number of benzene rings is 1. The smallest absolute Gasteiger partial charge is 0.276 e. The maximum Gasteiger partial charge on any atom is 0.276 e. The number of aromatic nitrogens is 2. The van der Waals surface area contributed by atoms with E-state index >= 15 is 0 Å². The molecule has 0 atom stereocenters. The molecule has 0 aliphatic rings. The second-order valence-electron chi connectivity index (χ2n) is 3.23. The third-order valence-corrected chi connectivity index (χ3v) is 2.76. The minimum absolute atomic E-state index is 0.610. The van der Waals surface area contributed by atoms with E-state index in [4.69, 9.17) is 4.42 Å². The molecule has 16 heavy (non-hydrogen) atoms. The van der Waals surface area contributed by atoms with Crippen LogP contribution in [-0.2, 0) is 0 Å². The first-order valence-electron chi connectivity index (χ1n) is 5.06. The van der Waals surface area contributed by atoms with E-state index < -0.39 is 0 Å². The van der Waals surface area contributed by atoms with Crippen LogP contribution in [0.3, 0.4) is 0 Å². The summed E-state index contributed by atoms with van der Waals surface area (Å²) < 4.78 is 5.25. The van der Waals surface area contributed by atoms with Crippen molar-refractivity contribution in [2.24, 2.45) is 0 Å². The van der Waals surface area contributed by atoms with Gasteiger partial charge in [0.15, 0.2) is 0 Å². The summed E-state index contributed by atoms with van der Waals surface area (Å²) >= 11 is 1.56. The molecule has 84 valence electrons. The fraction of sp³-hybridized carbons (Fsp3) is 0.273. The Morgan fingerprint density at radius 3 is 2.75 bits per heavy atom. The van der Waals surface area contributed by atoms with E-state index in [-0.39, 0.29) is 0 Å². The minimum Gasteiger partial charge on any atom is -0.416 e. The van der Waals surface area contributed by atoms with E-state index in [1.54, 1.807) is 18.7 Å². The van der Waals surface area contributed by atoms with Gasteiger partial charge in [-0.15, -0.1) is 10.2 Å². The average Bonchev–Trinajstić information content (AvgIpc) is 2.72. The zero-order valence-electron chi connectivity index (χ0n) is 9.01. The number of rotatable bonds is 5. The van der Waals surface area contributed by atoms with Crippen LogP contribution >= 0.6 is 11.8 Å². The van der Waals surface area contributed by atoms with Gasteiger partial charge in [-0.25, -0.2) is 0 Å². The van der Waals surface area contributed by atoms with E-state index in [1.807, 2.05) is 30.3 Å². The van der Waals surface area contributed by atoms with E-state index in [1.165, 1.54) is 0 Å². The first kappa shape index (κ1) is 11.0. The number of aryl methyl sites for hydroxylation is 1. The van der Waals surface area contributed by atoms with Crippen LogP contribution in [0.1, 0.15) is 5.89 Å². The molecule has 0 radical (unpaired) electrons. The van der Waals surface area contributed by atoms with Gasteiger partial charge in [-0.3, -0.25) is 0 Å². The van der Waals surface area contributed by atoms with E-state index in [0.29, 0.717) is 11.1 Å². The monoisotopic (exact) mass is 235 g/mol. The lowest BCUT2D eigenvalue weighted by molar-refractivity contribution is 0.429. The van der Waals surface area contributed by atoms with Crippen LogP contribution in [0.5, 0.6) is 0 Å². The highest BCUT2D eigenvalue weighted by atomic mass is 32.2. The van der Waals surface area contributed by atoms with Gasteiger partial charge in [0.2, 0.25) is 5.89 Å². The number of hydrogen-bond acceptors (Lipinski definition) is 5. The Hall–Kier alpha value is -1.49. The molecule has 1 aromatic carbocycles. The molecule has 1 aromatic heterocycles. The molecule has 1 N–H and O–H groups in total. The van der Waals surface area contributed by atoms with Crippen molar-refractivity contribution in [3.8, 4) is 0 Å². The number of hydrogen-bond donors (Lipinski definition) is 1. The molecule has 0 amide bonds. The maximum absolute atomic E-state index is 5.25. The minimum atomic E-state index is 0.610.